The van der Waals surface area contributed by atoms with E-state index in [9.17, 15) is 4.79 Å². The van der Waals surface area contributed by atoms with E-state index in [1.165, 1.54) is 0 Å². The van der Waals surface area contributed by atoms with Crippen LogP contribution in [0.1, 0.15) is 22.8 Å². The van der Waals surface area contributed by atoms with Gasteiger partial charge < -0.3 is 15.4 Å². The van der Waals surface area contributed by atoms with Gasteiger partial charge in [0.1, 0.15) is 11.4 Å². The highest BCUT2D eigenvalue weighted by atomic mass is 35.5. The molecule has 1 heterocycles. The summed E-state index contributed by atoms with van der Waals surface area (Å²) >= 11 is 0. The van der Waals surface area contributed by atoms with Crippen molar-refractivity contribution in [2.45, 2.75) is 13.5 Å². The molecule has 3 rings (SSSR count). The van der Waals surface area contributed by atoms with Gasteiger partial charge >= 0.3 is 0 Å². The van der Waals surface area contributed by atoms with Gasteiger partial charge in [-0.3, -0.25) is 9.48 Å². The largest absolute Gasteiger partial charge is 0.497 e. The quantitative estimate of drug-likeness (QED) is 0.527. The summed E-state index contributed by atoms with van der Waals surface area (Å²) in [6.45, 7) is 4.81. The maximum atomic E-state index is 12.8. The molecule has 0 bridgehead atoms. The number of carbonyl (C=O) groups is 1. The molecule has 1 aromatic heterocycles. The molecule has 154 valence electrons. The van der Waals surface area contributed by atoms with Crippen LogP contribution in [-0.4, -0.2) is 42.4 Å². The number of aromatic nitrogens is 2. The van der Waals surface area contributed by atoms with Gasteiger partial charge in [-0.05, 0) is 24.2 Å². The van der Waals surface area contributed by atoms with Gasteiger partial charge in [0.25, 0.3) is 5.91 Å². The lowest BCUT2D eigenvalue weighted by Gasteiger charge is -2.06. The smallest absolute Gasteiger partial charge is 0.255 e. The zero-order valence-corrected chi connectivity index (χ0v) is 17.5. The Bertz CT molecular complexity index is 912. The number of benzene rings is 2. The van der Waals surface area contributed by atoms with Gasteiger partial charge in [-0.25, -0.2) is 0 Å². The number of hydrogen-bond acceptors (Lipinski definition) is 4. The molecule has 0 atom stereocenters. The average molecular weight is 415 g/mol. The van der Waals surface area contributed by atoms with E-state index in [1.54, 1.807) is 7.11 Å². The fourth-order valence-corrected chi connectivity index (χ4v) is 2.96. The number of ether oxygens (including phenoxy) is 1. The van der Waals surface area contributed by atoms with Gasteiger partial charge in [-0.2, -0.15) is 5.10 Å². The van der Waals surface area contributed by atoms with Crippen molar-refractivity contribution in [2.75, 3.05) is 26.7 Å². The minimum absolute atomic E-state index is 0. The van der Waals surface area contributed by atoms with E-state index >= 15 is 0 Å². The number of likely N-dealkylation sites (N-methyl/N-ethyl adjacent to an activating group) is 1. The Morgan fingerprint density at radius 1 is 1.10 bits per heavy atom. The normalized spacial score (nSPS) is 10.3. The average Bonchev–Trinajstić information content (AvgIpc) is 3.16. The number of nitrogens with one attached hydrogen (secondary N) is 2. The van der Waals surface area contributed by atoms with Gasteiger partial charge in [-0.15, -0.1) is 12.4 Å². The Morgan fingerprint density at radius 2 is 1.90 bits per heavy atom. The van der Waals surface area contributed by atoms with Crippen molar-refractivity contribution in [1.29, 1.82) is 0 Å². The topological polar surface area (TPSA) is 68.2 Å². The molecule has 7 heteroatoms. The lowest BCUT2D eigenvalue weighted by Crippen LogP contribution is -2.31. The van der Waals surface area contributed by atoms with Crippen molar-refractivity contribution in [3.63, 3.8) is 0 Å². The van der Waals surface area contributed by atoms with Crippen LogP contribution in [0.25, 0.3) is 11.3 Å². The summed E-state index contributed by atoms with van der Waals surface area (Å²) in [4.78, 5) is 12.8. The molecule has 3 aromatic rings. The molecule has 29 heavy (non-hydrogen) atoms. The molecule has 0 unspecified atom stereocenters. The van der Waals surface area contributed by atoms with Crippen LogP contribution in [0, 0.1) is 0 Å². The summed E-state index contributed by atoms with van der Waals surface area (Å²) in [6.07, 6.45) is 1.81. The third kappa shape index (κ3) is 6.07. The van der Waals surface area contributed by atoms with E-state index in [0.29, 0.717) is 24.3 Å². The Kier molecular flexibility index (Phi) is 8.70. The van der Waals surface area contributed by atoms with E-state index in [2.05, 4.69) is 10.6 Å². The molecule has 1 amide bonds. The number of amides is 1. The monoisotopic (exact) mass is 414 g/mol. The molecule has 0 aliphatic rings. The Balaban J connectivity index is 0.00000300. The molecule has 2 aromatic carbocycles. The highest BCUT2D eigenvalue weighted by Gasteiger charge is 2.18. The lowest BCUT2D eigenvalue weighted by atomic mass is 10.1. The van der Waals surface area contributed by atoms with Crippen LogP contribution >= 0.6 is 12.4 Å². The number of carbonyl (C=O) groups excluding carboxylic acids is 1. The first-order valence-corrected chi connectivity index (χ1v) is 9.46. The number of nitrogens with zero attached hydrogens (tertiary/aromatic N) is 2. The van der Waals surface area contributed by atoms with E-state index in [1.807, 2.05) is 72.4 Å². The zero-order valence-electron chi connectivity index (χ0n) is 16.7. The number of methoxy groups -OCH3 is 1. The fraction of sp³-hybridized carbons (Fsp3) is 0.273. The summed E-state index contributed by atoms with van der Waals surface area (Å²) in [5.41, 5.74) is 3.18. The van der Waals surface area contributed by atoms with E-state index in [0.717, 1.165) is 30.0 Å². The molecular formula is C22H27ClN4O2. The van der Waals surface area contributed by atoms with Crippen LogP contribution in [0.2, 0.25) is 0 Å². The Morgan fingerprint density at radius 3 is 2.62 bits per heavy atom. The van der Waals surface area contributed by atoms with Crippen molar-refractivity contribution < 1.29 is 9.53 Å². The van der Waals surface area contributed by atoms with Crippen LogP contribution in [-0.2, 0) is 6.54 Å². The Hall–Kier alpha value is -2.83. The van der Waals surface area contributed by atoms with Crippen molar-refractivity contribution in [3.8, 4) is 17.0 Å². The molecule has 0 aliphatic heterocycles. The molecule has 6 nitrogen and oxygen atoms in total. The summed E-state index contributed by atoms with van der Waals surface area (Å²) in [5.74, 6) is 0.601. The molecule has 0 saturated heterocycles. The number of hydrogen-bond donors (Lipinski definition) is 2. The van der Waals surface area contributed by atoms with Gasteiger partial charge in [0.05, 0.1) is 19.2 Å². The van der Waals surface area contributed by atoms with Crippen LogP contribution in [0.5, 0.6) is 5.75 Å². The van der Waals surface area contributed by atoms with Gasteiger partial charge in [-0.1, -0.05) is 49.4 Å². The third-order valence-electron chi connectivity index (χ3n) is 4.37. The molecule has 0 spiro atoms. The first-order chi connectivity index (χ1) is 13.7. The van der Waals surface area contributed by atoms with Crippen molar-refractivity contribution in [3.05, 3.63) is 71.9 Å². The van der Waals surface area contributed by atoms with E-state index in [4.69, 9.17) is 9.84 Å². The van der Waals surface area contributed by atoms with Crippen molar-refractivity contribution in [1.82, 2.24) is 20.4 Å². The zero-order chi connectivity index (χ0) is 19.8. The van der Waals surface area contributed by atoms with Gasteiger partial charge in [0, 0.05) is 24.8 Å². The maximum Gasteiger partial charge on any atom is 0.255 e. The van der Waals surface area contributed by atoms with Crippen molar-refractivity contribution in [2.24, 2.45) is 0 Å². The molecule has 0 saturated carbocycles. The molecular weight excluding hydrogens is 388 g/mol. The third-order valence-corrected chi connectivity index (χ3v) is 4.37. The lowest BCUT2D eigenvalue weighted by molar-refractivity contribution is 0.0954. The molecule has 0 fully saturated rings. The second kappa shape index (κ2) is 11.2. The minimum Gasteiger partial charge on any atom is -0.497 e. The second-order valence-electron chi connectivity index (χ2n) is 6.42. The molecule has 0 radical (unpaired) electrons. The summed E-state index contributed by atoms with van der Waals surface area (Å²) in [7, 11) is 1.63. The first-order valence-electron chi connectivity index (χ1n) is 9.46. The molecule has 0 aliphatic carbocycles. The van der Waals surface area contributed by atoms with Gasteiger partial charge in [0.15, 0.2) is 0 Å². The van der Waals surface area contributed by atoms with E-state index in [-0.39, 0.29) is 18.3 Å². The van der Waals surface area contributed by atoms with Crippen LogP contribution < -0.4 is 15.4 Å². The highest BCUT2D eigenvalue weighted by Crippen LogP contribution is 2.26. The summed E-state index contributed by atoms with van der Waals surface area (Å²) < 4.78 is 7.14. The summed E-state index contributed by atoms with van der Waals surface area (Å²) in [5, 5.41) is 10.9. The van der Waals surface area contributed by atoms with Crippen LogP contribution in [0.3, 0.4) is 0 Å². The number of rotatable bonds is 9. The van der Waals surface area contributed by atoms with Crippen LogP contribution in [0.4, 0.5) is 0 Å². The predicted octanol–water partition coefficient (Wildman–Crippen LogP) is 3.37. The number of halogens is 1. The standard InChI is InChI=1S/C22H26N4O2.ClH/c1-3-23-12-13-24-22(27)20-16-26(15-17-8-5-4-6-9-17)25-21(20)18-10-7-11-19(14-18)28-2;/h4-11,14,16,23H,3,12-13,15H2,1-2H3,(H,24,27);1H. The first kappa shape index (κ1) is 22.5. The maximum absolute atomic E-state index is 12.8. The summed E-state index contributed by atoms with van der Waals surface area (Å²) in [6, 6.07) is 17.7. The SMILES string of the molecule is CCNCCNC(=O)c1cn(Cc2ccccc2)nc1-c1cccc(OC)c1.Cl. The molecule has 2 N–H and O–H groups in total. The predicted molar refractivity (Wildman–Crippen MR) is 118 cm³/mol. The van der Waals surface area contributed by atoms with Gasteiger partial charge in [0.2, 0.25) is 0 Å². The Labute approximate surface area is 177 Å². The van der Waals surface area contributed by atoms with Crippen molar-refractivity contribution >= 4 is 18.3 Å². The van der Waals surface area contributed by atoms with E-state index < -0.39 is 0 Å². The highest BCUT2D eigenvalue weighted by molar-refractivity contribution is 5.99. The van der Waals surface area contributed by atoms with Crippen LogP contribution in [0.15, 0.2) is 60.8 Å². The second-order valence-corrected chi connectivity index (χ2v) is 6.42. The minimum atomic E-state index is -0.130. The fourth-order valence-electron chi connectivity index (χ4n) is 2.96.